The lowest BCUT2D eigenvalue weighted by molar-refractivity contribution is -0.521. The van der Waals surface area contributed by atoms with E-state index in [1.807, 2.05) is 12.1 Å². The molecular formula is C41H49N5O11S. The molecule has 0 bridgehead atoms. The molecule has 2 amide bonds. The minimum Gasteiger partial charge on any atom is -0.472 e. The van der Waals surface area contributed by atoms with Crippen molar-refractivity contribution in [3.63, 3.8) is 0 Å². The first-order valence-electron chi connectivity index (χ1n) is 18.9. The molecule has 2 heterocycles. The Labute approximate surface area is 337 Å². The second-order valence-electron chi connectivity index (χ2n) is 15.2. The molecule has 5 rings (SSSR count). The van der Waals surface area contributed by atoms with Gasteiger partial charge in [0.05, 0.1) is 24.6 Å². The van der Waals surface area contributed by atoms with Gasteiger partial charge < -0.3 is 24.4 Å². The molecule has 1 N–H and O–H groups in total. The maximum Gasteiger partial charge on any atom is 0.332 e. The maximum atomic E-state index is 15.0. The van der Waals surface area contributed by atoms with Crippen LogP contribution in [0.25, 0.3) is 10.8 Å². The SMILES string of the molecule is C=CC[C@@H](CN(CC(C(=O)OC(C)(C)C)C(=O)N1C[C@H](Oc2nccc3ccccc23)C[C@H]1C(=O)N[C@]1(C(=O)OCC)C[C@H]1C=C)S(=O)(=O)c1ccccc1)[N+](=O)[O-]. The molecule has 16 nitrogen and oxygen atoms in total. The lowest BCUT2D eigenvalue weighted by Crippen LogP contribution is -2.56. The Morgan fingerprint density at radius 1 is 1.09 bits per heavy atom. The van der Waals surface area contributed by atoms with E-state index in [1.54, 1.807) is 58.2 Å². The number of hydrogen-bond donors (Lipinski definition) is 1. The number of benzene rings is 2. The predicted molar refractivity (Wildman–Crippen MR) is 212 cm³/mol. The van der Waals surface area contributed by atoms with Crippen LogP contribution in [0, 0.1) is 22.0 Å². The molecule has 1 aliphatic carbocycles. The number of hydrogen-bond acceptors (Lipinski definition) is 12. The molecule has 310 valence electrons. The molecule has 2 aliphatic rings. The summed E-state index contributed by atoms with van der Waals surface area (Å²) in [6, 6.07) is 13.4. The summed E-state index contributed by atoms with van der Waals surface area (Å²) < 4.78 is 46.4. The van der Waals surface area contributed by atoms with E-state index in [2.05, 4.69) is 23.5 Å². The van der Waals surface area contributed by atoms with Gasteiger partial charge in [0.25, 0.3) is 0 Å². The number of rotatable bonds is 18. The van der Waals surface area contributed by atoms with Gasteiger partial charge in [-0.1, -0.05) is 48.6 Å². The highest BCUT2D eigenvalue weighted by Gasteiger charge is 2.62. The van der Waals surface area contributed by atoms with Gasteiger partial charge in [-0.25, -0.2) is 18.2 Å². The topological polar surface area (TPSA) is 205 Å². The number of aromatic nitrogens is 1. The predicted octanol–water partition coefficient (Wildman–Crippen LogP) is 4.08. The van der Waals surface area contributed by atoms with Gasteiger partial charge in [-0.2, -0.15) is 4.31 Å². The minimum atomic E-state index is -4.58. The number of nitrogens with one attached hydrogen (secondary N) is 1. The molecule has 1 unspecified atom stereocenters. The fourth-order valence-corrected chi connectivity index (χ4v) is 8.49. The summed E-state index contributed by atoms with van der Waals surface area (Å²) in [5.41, 5.74) is -2.59. The smallest absolute Gasteiger partial charge is 0.332 e. The van der Waals surface area contributed by atoms with Gasteiger partial charge in [0, 0.05) is 41.8 Å². The zero-order chi connectivity index (χ0) is 42.4. The van der Waals surface area contributed by atoms with Crippen molar-refractivity contribution in [2.75, 3.05) is 26.2 Å². The number of nitrogens with zero attached hydrogens (tertiary/aromatic N) is 4. The van der Waals surface area contributed by atoms with E-state index in [-0.39, 0.29) is 43.2 Å². The molecule has 1 aromatic heterocycles. The Morgan fingerprint density at radius 3 is 2.40 bits per heavy atom. The molecule has 1 saturated carbocycles. The standard InChI is InChI=1S/C41H49N5O11S/c1-7-15-29(46(51)52)24-44(58(53,54)31-17-11-10-12-18-31)26-33(38(49)57-40(4,5)6)37(48)45-25-30(56-36-32-19-14-13-16-27(32)20-21-42-36)22-34(45)35(47)43-41(23-28(41)8-2)39(50)55-9-3/h7-8,10-14,16-21,28-30,33-34H,1-2,9,15,22-26H2,3-6H3,(H,43,47)/t28-,29+,30-,33?,34+,41-/m1/s1. The summed E-state index contributed by atoms with van der Waals surface area (Å²) >= 11 is 0. The van der Waals surface area contributed by atoms with Crippen LogP contribution in [0.2, 0.25) is 0 Å². The summed E-state index contributed by atoms with van der Waals surface area (Å²) in [6.45, 7) is 11.8. The van der Waals surface area contributed by atoms with Crippen LogP contribution in [0.3, 0.4) is 0 Å². The Balaban J connectivity index is 1.57. The number of carbonyl (C=O) groups excluding carboxylic acids is 4. The van der Waals surface area contributed by atoms with E-state index in [0.717, 1.165) is 14.6 Å². The molecule has 17 heteroatoms. The quantitative estimate of drug-likeness (QED) is 0.0634. The number of likely N-dealkylation sites (tertiary alicyclic amines) is 1. The van der Waals surface area contributed by atoms with Crippen LogP contribution >= 0.6 is 0 Å². The third-order valence-corrected chi connectivity index (χ3v) is 11.8. The fourth-order valence-electron chi connectivity index (χ4n) is 6.98. The van der Waals surface area contributed by atoms with Gasteiger partial charge in [0.15, 0.2) is 0 Å². The third-order valence-electron chi connectivity index (χ3n) is 9.96. The zero-order valence-corrected chi connectivity index (χ0v) is 33.8. The van der Waals surface area contributed by atoms with Gasteiger partial charge >= 0.3 is 11.9 Å². The Morgan fingerprint density at radius 2 is 1.78 bits per heavy atom. The van der Waals surface area contributed by atoms with Crippen molar-refractivity contribution in [1.82, 2.24) is 19.5 Å². The zero-order valence-electron chi connectivity index (χ0n) is 32.9. The second-order valence-corrected chi connectivity index (χ2v) is 17.2. The first kappa shape index (κ1) is 43.4. The van der Waals surface area contributed by atoms with E-state index in [0.29, 0.717) is 5.39 Å². The van der Waals surface area contributed by atoms with Crippen molar-refractivity contribution in [1.29, 1.82) is 0 Å². The van der Waals surface area contributed by atoms with Crippen molar-refractivity contribution in [3.05, 3.63) is 102 Å². The van der Waals surface area contributed by atoms with Crippen LogP contribution in [0.1, 0.15) is 47.0 Å². The van der Waals surface area contributed by atoms with Gasteiger partial charge in [0.2, 0.25) is 33.8 Å². The average Bonchev–Trinajstić information content (AvgIpc) is 3.74. The normalized spacial score (nSPS) is 21.4. The Hall–Kier alpha value is -5.68. The molecule has 58 heavy (non-hydrogen) atoms. The number of esters is 2. The van der Waals surface area contributed by atoms with Crippen LogP contribution in [0.15, 0.2) is 97.1 Å². The molecule has 0 spiro atoms. The summed E-state index contributed by atoms with van der Waals surface area (Å²) in [4.78, 5) is 73.4. The summed E-state index contributed by atoms with van der Waals surface area (Å²) in [6.07, 6.45) is 3.35. The number of sulfonamides is 1. The molecule has 1 saturated heterocycles. The van der Waals surface area contributed by atoms with Crippen molar-refractivity contribution < 1.29 is 46.7 Å². The van der Waals surface area contributed by atoms with Crippen LogP contribution in [-0.2, 0) is 38.7 Å². The van der Waals surface area contributed by atoms with Crippen LogP contribution < -0.4 is 10.1 Å². The molecule has 0 radical (unpaired) electrons. The van der Waals surface area contributed by atoms with E-state index < -0.39 is 93.0 Å². The molecule has 1 aliphatic heterocycles. The van der Waals surface area contributed by atoms with Crippen LogP contribution in [0.5, 0.6) is 5.88 Å². The van der Waals surface area contributed by atoms with Crippen LogP contribution in [0.4, 0.5) is 0 Å². The number of nitro groups is 1. The van der Waals surface area contributed by atoms with E-state index in [9.17, 15) is 37.7 Å². The lowest BCUT2D eigenvalue weighted by Gasteiger charge is -2.32. The van der Waals surface area contributed by atoms with Gasteiger partial charge in [-0.15, -0.1) is 13.2 Å². The number of fused-ring (bicyclic) bond motifs is 1. The van der Waals surface area contributed by atoms with E-state index in [4.69, 9.17) is 14.2 Å². The molecule has 6 atom stereocenters. The molecule has 3 aromatic rings. The number of ether oxygens (including phenoxy) is 3. The molecule has 2 aromatic carbocycles. The largest absolute Gasteiger partial charge is 0.472 e. The van der Waals surface area contributed by atoms with Crippen molar-refractivity contribution in [2.24, 2.45) is 11.8 Å². The fraction of sp³-hybridized carbons (Fsp3) is 0.439. The number of pyridine rings is 1. The summed E-state index contributed by atoms with van der Waals surface area (Å²) in [7, 11) is -4.58. The average molecular weight is 820 g/mol. The second kappa shape index (κ2) is 17.9. The molecule has 2 fully saturated rings. The van der Waals surface area contributed by atoms with Crippen molar-refractivity contribution in [3.8, 4) is 5.88 Å². The third kappa shape index (κ3) is 9.70. The van der Waals surface area contributed by atoms with Crippen molar-refractivity contribution >= 4 is 44.5 Å². The first-order chi connectivity index (χ1) is 27.4. The highest BCUT2D eigenvalue weighted by atomic mass is 32.2. The molecular weight excluding hydrogens is 771 g/mol. The first-order valence-corrected chi connectivity index (χ1v) is 20.3. The van der Waals surface area contributed by atoms with Gasteiger partial charge in [-0.3, -0.25) is 24.5 Å². The monoisotopic (exact) mass is 819 g/mol. The van der Waals surface area contributed by atoms with Crippen molar-refractivity contribution in [2.45, 2.75) is 81.2 Å². The Bertz CT molecular complexity index is 2150. The number of carbonyl (C=O) groups is 4. The van der Waals surface area contributed by atoms with E-state index in [1.165, 1.54) is 36.4 Å². The maximum absolute atomic E-state index is 15.0. The highest BCUT2D eigenvalue weighted by molar-refractivity contribution is 7.89. The Kier molecular flexibility index (Phi) is 13.4. The van der Waals surface area contributed by atoms with Gasteiger partial charge in [0.1, 0.15) is 29.2 Å². The summed E-state index contributed by atoms with van der Waals surface area (Å²) in [5.74, 6) is -5.69. The van der Waals surface area contributed by atoms with Crippen LogP contribution in [-0.4, -0.2) is 107 Å². The number of amides is 2. The minimum absolute atomic E-state index is 0.0480. The van der Waals surface area contributed by atoms with E-state index >= 15 is 0 Å². The van der Waals surface area contributed by atoms with Gasteiger partial charge in [-0.05, 0) is 63.8 Å². The lowest BCUT2D eigenvalue weighted by atomic mass is 10.0. The highest BCUT2D eigenvalue weighted by Crippen LogP contribution is 2.46. The summed E-state index contributed by atoms with van der Waals surface area (Å²) in [5, 5.41) is 16.4.